The molecule has 0 spiro atoms. The molecule has 0 aromatic heterocycles. The maximum Gasteiger partial charge on any atom is 0.319 e. The van der Waals surface area contributed by atoms with Crippen molar-refractivity contribution in [2.75, 3.05) is 26.0 Å². The van der Waals surface area contributed by atoms with Crippen LogP contribution in [0, 0.1) is 0 Å². The van der Waals surface area contributed by atoms with Crippen LogP contribution in [0.1, 0.15) is 33.6 Å². The van der Waals surface area contributed by atoms with Crippen LogP contribution >= 0.6 is 11.8 Å². The fourth-order valence-electron chi connectivity index (χ4n) is 1.47. The predicted molar refractivity (Wildman–Crippen MR) is 66.3 cm³/mol. The second-order valence-electron chi connectivity index (χ2n) is 3.50. The van der Waals surface area contributed by atoms with Crippen LogP contribution in [0.2, 0.25) is 0 Å². The third kappa shape index (κ3) is 5.42. The van der Waals surface area contributed by atoms with Gasteiger partial charge in [0, 0.05) is 11.3 Å². The van der Waals surface area contributed by atoms with Crippen LogP contribution < -0.4 is 5.32 Å². The maximum absolute atomic E-state index is 11.1. The lowest BCUT2D eigenvalue weighted by Gasteiger charge is -2.29. The first kappa shape index (κ1) is 14.8. The van der Waals surface area contributed by atoms with Gasteiger partial charge < -0.3 is 10.1 Å². The molecule has 90 valence electrons. The molecule has 0 aromatic rings. The van der Waals surface area contributed by atoms with E-state index in [9.17, 15) is 4.79 Å². The molecule has 0 amide bonds. The van der Waals surface area contributed by atoms with Crippen molar-refractivity contribution in [3.8, 4) is 0 Å². The molecule has 15 heavy (non-hydrogen) atoms. The van der Waals surface area contributed by atoms with Gasteiger partial charge in [-0.05, 0) is 26.0 Å². The van der Waals surface area contributed by atoms with E-state index in [0.29, 0.717) is 13.2 Å². The van der Waals surface area contributed by atoms with Crippen LogP contribution in [0.5, 0.6) is 0 Å². The summed E-state index contributed by atoms with van der Waals surface area (Å²) < 4.78 is 5.11. The normalized spacial score (nSPS) is 11.5. The van der Waals surface area contributed by atoms with Crippen LogP contribution in [0.3, 0.4) is 0 Å². The summed E-state index contributed by atoms with van der Waals surface area (Å²) in [6, 6.07) is 0. The van der Waals surface area contributed by atoms with E-state index in [1.807, 2.05) is 18.7 Å². The van der Waals surface area contributed by atoms with Crippen molar-refractivity contribution in [3.63, 3.8) is 0 Å². The molecule has 0 atom stereocenters. The molecular weight excluding hydrogens is 210 g/mol. The van der Waals surface area contributed by atoms with Crippen LogP contribution in [0.25, 0.3) is 0 Å². The van der Waals surface area contributed by atoms with E-state index >= 15 is 0 Å². The predicted octanol–water partition coefficient (Wildman–Crippen LogP) is 2.06. The highest BCUT2D eigenvalue weighted by Gasteiger charge is 2.24. The average Bonchev–Trinajstić information content (AvgIpc) is 2.25. The zero-order valence-corrected chi connectivity index (χ0v) is 11.1. The summed E-state index contributed by atoms with van der Waals surface area (Å²) in [4.78, 5) is 11.1. The van der Waals surface area contributed by atoms with Crippen LogP contribution in [-0.2, 0) is 9.53 Å². The van der Waals surface area contributed by atoms with Crippen molar-refractivity contribution in [3.05, 3.63) is 0 Å². The third-order valence-electron chi connectivity index (χ3n) is 2.74. The lowest BCUT2D eigenvalue weighted by atomic mass is 10.0. The Morgan fingerprint density at radius 1 is 1.33 bits per heavy atom. The van der Waals surface area contributed by atoms with E-state index in [-0.39, 0.29) is 10.7 Å². The molecule has 0 aliphatic rings. The maximum atomic E-state index is 11.1. The van der Waals surface area contributed by atoms with Gasteiger partial charge in [0.25, 0.3) is 0 Å². The first-order chi connectivity index (χ1) is 7.14. The summed E-state index contributed by atoms with van der Waals surface area (Å²) in [6.45, 7) is 7.83. The Labute approximate surface area is 97.3 Å². The molecule has 0 rings (SSSR count). The van der Waals surface area contributed by atoms with E-state index in [1.165, 1.54) is 0 Å². The Morgan fingerprint density at radius 2 is 1.93 bits per heavy atom. The number of hydrogen-bond acceptors (Lipinski definition) is 4. The minimum Gasteiger partial charge on any atom is -0.465 e. The zero-order chi connectivity index (χ0) is 11.7. The zero-order valence-electron chi connectivity index (χ0n) is 10.3. The second kappa shape index (κ2) is 7.99. The van der Waals surface area contributed by atoms with Gasteiger partial charge in [0.2, 0.25) is 0 Å². The molecule has 0 aliphatic carbocycles. The lowest BCUT2D eigenvalue weighted by molar-refractivity contribution is -0.142. The molecular formula is C11H23NO2S. The van der Waals surface area contributed by atoms with Gasteiger partial charge in [-0.15, -0.1) is 0 Å². The van der Waals surface area contributed by atoms with Crippen molar-refractivity contribution < 1.29 is 9.53 Å². The van der Waals surface area contributed by atoms with Crippen molar-refractivity contribution >= 4 is 17.7 Å². The quantitative estimate of drug-likeness (QED) is 0.651. The number of rotatable bonds is 8. The van der Waals surface area contributed by atoms with E-state index in [4.69, 9.17) is 4.74 Å². The van der Waals surface area contributed by atoms with Crippen molar-refractivity contribution in [1.29, 1.82) is 0 Å². The van der Waals surface area contributed by atoms with Gasteiger partial charge >= 0.3 is 5.97 Å². The molecule has 0 saturated carbocycles. The van der Waals surface area contributed by atoms with Gasteiger partial charge in [0.15, 0.2) is 0 Å². The van der Waals surface area contributed by atoms with Crippen molar-refractivity contribution in [2.24, 2.45) is 0 Å². The molecule has 4 heteroatoms. The standard InChI is InChI=1S/C11H23NO2S/c1-5-11(6-2,15-4)9-12-8-10(13)14-7-3/h12H,5-9H2,1-4H3. The Kier molecular flexibility index (Phi) is 7.88. The number of hydrogen-bond donors (Lipinski definition) is 1. The van der Waals surface area contributed by atoms with Gasteiger partial charge in [0.1, 0.15) is 0 Å². The lowest BCUT2D eigenvalue weighted by Crippen LogP contribution is -2.39. The minimum atomic E-state index is -0.167. The molecule has 0 aliphatic heterocycles. The highest BCUT2D eigenvalue weighted by molar-refractivity contribution is 8.00. The van der Waals surface area contributed by atoms with Crippen molar-refractivity contribution in [1.82, 2.24) is 5.32 Å². The fourth-order valence-corrected chi connectivity index (χ4v) is 2.29. The summed E-state index contributed by atoms with van der Waals surface area (Å²) in [5.74, 6) is -0.167. The van der Waals surface area contributed by atoms with E-state index < -0.39 is 0 Å². The molecule has 0 unspecified atom stereocenters. The topological polar surface area (TPSA) is 38.3 Å². The number of nitrogens with one attached hydrogen (secondary N) is 1. The van der Waals surface area contributed by atoms with Gasteiger partial charge in [-0.3, -0.25) is 4.79 Å². The molecule has 0 bridgehead atoms. The van der Waals surface area contributed by atoms with Crippen LogP contribution in [-0.4, -0.2) is 36.7 Å². The summed E-state index contributed by atoms with van der Waals surface area (Å²) in [5, 5.41) is 3.17. The summed E-state index contributed by atoms with van der Waals surface area (Å²) in [7, 11) is 0. The van der Waals surface area contributed by atoms with Gasteiger partial charge in [-0.25, -0.2) is 0 Å². The van der Waals surface area contributed by atoms with E-state index in [1.54, 1.807) is 0 Å². The van der Waals surface area contributed by atoms with Crippen molar-refractivity contribution in [2.45, 2.75) is 38.4 Å². The number of esters is 1. The van der Waals surface area contributed by atoms with Crippen LogP contribution in [0.4, 0.5) is 0 Å². The van der Waals surface area contributed by atoms with Crippen LogP contribution in [0.15, 0.2) is 0 Å². The largest absolute Gasteiger partial charge is 0.465 e. The smallest absolute Gasteiger partial charge is 0.319 e. The Balaban J connectivity index is 3.85. The summed E-state index contributed by atoms with van der Waals surface area (Å²) in [6.07, 6.45) is 4.35. The molecule has 0 aromatic carbocycles. The van der Waals surface area contributed by atoms with E-state index in [0.717, 1.165) is 19.4 Å². The van der Waals surface area contributed by atoms with Gasteiger partial charge in [-0.2, -0.15) is 11.8 Å². The molecule has 0 fully saturated rings. The number of carbonyl (C=O) groups is 1. The van der Waals surface area contributed by atoms with Gasteiger partial charge in [-0.1, -0.05) is 13.8 Å². The number of thioether (sulfide) groups is 1. The highest BCUT2D eigenvalue weighted by atomic mass is 32.2. The highest BCUT2D eigenvalue weighted by Crippen LogP contribution is 2.29. The Bertz CT molecular complexity index is 173. The molecule has 0 heterocycles. The fraction of sp³-hybridized carbons (Fsp3) is 0.909. The third-order valence-corrected chi connectivity index (χ3v) is 4.33. The molecule has 3 nitrogen and oxygen atoms in total. The Morgan fingerprint density at radius 3 is 2.33 bits per heavy atom. The minimum absolute atomic E-state index is 0.167. The molecule has 0 radical (unpaired) electrons. The summed E-state index contributed by atoms with van der Waals surface area (Å²) in [5.41, 5.74) is 0. The first-order valence-electron chi connectivity index (χ1n) is 5.55. The second-order valence-corrected chi connectivity index (χ2v) is 4.78. The first-order valence-corrected chi connectivity index (χ1v) is 6.78. The number of carbonyl (C=O) groups excluding carboxylic acids is 1. The monoisotopic (exact) mass is 233 g/mol. The van der Waals surface area contributed by atoms with E-state index in [2.05, 4.69) is 25.4 Å². The molecule has 0 saturated heterocycles. The summed E-state index contributed by atoms with van der Waals surface area (Å²) >= 11 is 1.87. The Hall–Kier alpha value is -0.220. The average molecular weight is 233 g/mol. The SMILES string of the molecule is CCOC(=O)CNCC(CC)(CC)SC. The molecule has 1 N–H and O–H groups in total. The number of ether oxygens (including phenoxy) is 1. The van der Waals surface area contributed by atoms with Gasteiger partial charge in [0.05, 0.1) is 13.2 Å².